The Morgan fingerprint density at radius 3 is 2.78 bits per heavy atom. The molecule has 3 aromatic heterocycles. The lowest BCUT2D eigenvalue weighted by atomic mass is 10.1. The summed E-state index contributed by atoms with van der Waals surface area (Å²) in [6, 6.07) is 10.1. The van der Waals surface area contributed by atoms with Crippen molar-refractivity contribution in [3.05, 3.63) is 52.8 Å². The average molecular weight is 379 g/mol. The van der Waals surface area contributed by atoms with Gasteiger partial charge in [-0.3, -0.25) is 4.79 Å². The molecule has 138 valence electrons. The monoisotopic (exact) mass is 379 g/mol. The number of rotatable bonds is 4. The van der Waals surface area contributed by atoms with Gasteiger partial charge in [-0.1, -0.05) is 12.1 Å². The minimum Gasteiger partial charge on any atom is -0.335 e. The fourth-order valence-corrected chi connectivity index (χ4v) is 4.15. The summed E-state index contributed by atoms with van der Waals surface area (Å²) in [4.78, 5) is 24.0. The van der Waals surface area contributed by atoms with Crippen LogP contribution in [0.3, 0.4) is 0 Å². The lowest BCUT2D eigenvalue weighted by molar-refractivity contribution is 0.0784. The summed E-state index contributed by atoms with van der Waals surface area (Å²) in [5.74, 6) is -0.0570. The number of nitrogens with zero attached hydrogens (tertiary/aromatic N) is 5. The van der Waals surface area contributed by atoms with Gasteiger partial charge in [0.1, 0.15) is 5.01 Å². The molecule has 0 spiro atoms. The van der Waals surface area contributed by atoms with Gasteiger partial charge in [-0.25, -0.2) is 14.6 Å². The third kappa shape index (κ3) is 3.19. The largest absolute Gasteiger partial charge is 0.335 e. The summed E-state index contributed by atoms with van der Waals surface area (Å²) in [7, 11) is 1.80. The van der Waals surface area contributed by atoms with Crippen LogP contribution in [-0.2, 0) is 6.54 Å². The second kappa shape index (κ2) is 6.74. The predicted octanol–water partition coefficient (Wildman–Crippen LogP) is 4.20. The fraction of sp³-hybridized carbons (Fsp3) is 0.300. The van der Waals surface area contributed by atoms with Crippen molar-refractivity contribution in [2.24, 2.45) is 0 Å². The number of para-hydroxylation sites is 1. The van der Waals surface area contributed by atoms with Crippen LogP contribution in [0.5, 0.6) is 0 Å². The van der Waals surface area contributed by atoms with Gasteiger partial charge in [0.2, 0.25) is 0 Å². The van der Waals surface area contributed by atoms with Crippen molar-refractivity contribution in [1.29, 1.82) is 0 Å². The SMILES string of the molecule is Cc1nc2c(cnn2C(C)C)cc1C(=O)N(C)Cc1nc2ccccc2s1. The first-order chi connectivity index (χ1) is 12.9. The molecule has 4 aromatic rings. The maximum Gasteiger partial charge on any atom is 0.255 e. The zero-order valence-corrected chi connectivity index (χ0v) is 16.6. The van der Waals surface area contributed by atoms with Gasteiger partial charge < -0.3 is 4.90 Å². The highest BCUT2D eigenvalue weighted by molar-refractivity contribution is 7.18. The Balaban J connectivity index is 1.62. The van der Waals surface area contributed by atoms with E-state index in [1.165, 1.54) is 0 Å². The zero-order chi connectivity index (χ0) is 19.1. The van der Waals surface area contributed by atoms with Crippen molar-refractivity contribution >= 4 is 38.5 Å². The highest BCUT2D eigenvalue weighted by atomic mass is 32.1. The summed E-state index contributed by atoms with van der Waals surface area (Å²) < 4.78 is 3.01. The van der Waals surface area contributed by atoms with Crippen LogP contribution in [0.25, 0.3) is 21.3 Å². The normalized spacial score (nSPS) is 11.6. The van der Waals surface area contributed by atoms with E-state index in [1.54, 1.807) is 29.5 Å². The number of thiazole rings is 1. The highest BCUT2D eigenvalue weighted by Gasteiger charge is 2.19. The quantitative estimate of drug-likeness (QED) is 0.533. The molecule has 0 N–H and O–H groups in total. The topological polar surface area (TPSA) is 63.9 Å². The fourth-order valence-electron chi connectivity index (χ4n) is 3.13. The molecule has 0 saturated carbocycles. The third-order valence-electron chi connectivity index (χ3n) is 4.54. The molecule has 0 saturated heterocycles. The molecule has 6 nitrogen and oxygen atoms in total. The predicted molar refractivity (Wildman–Crippen MR) is 108 cm³/mol. The van der Waals surface area contributed by atoms with Gasteiger partial charge in [0.15, 0.2) is 5.65 Å². The Labute approximate surface area is 161 Å². The molecule has 1 amide bonds. The first kappa shape index (κ1) is 17.6. The zero-order valence-electron chi connectivity index (χ0n) is 15.8. The van der Waals surface area contributed by atoms with Crippen LogP contribution in [0.1, 0.15) is 40.9 Å². The minimum atomic E-state index is -0.0570. The molecule has 0 fully saturated rings. The van der Waals surface area contributed by atoms with Crippen molar-refractivity contribution in [3.63, 3.8) is 0 Å². The molecule has 0 bridgehead atoms. The maximum absolute atomic E-state index is 13.0. The summed E-state index contributed by atoms with van der Waals surface area (Å²) in [6.45, 7) is 6.47. The van der Waals surface area contributed by atoms with Gasteiger partial charge >= 0.3 is 0 Å². The van der Waals surface area contributed by atoms with Crippen LogP contribution in [0.2, 0.25) is 0 Å². The average Bonchev–Trinajstić information content (AvgIpc) is 3.23. The Kier molecular flexibility index (Phi) is 4.39. The standard InChI is InChI=1S/C20H21N5OS/c1-12(2)25-19-14(10-21-25)9-15(13(3)22-19)20(26)24(4)11-18-23-16-7-5-6-8-17(16)27-18/h5-10,12H,11H2,1-4H3. The van der Waals surface area contributed by atoms with Gasteiger partial charge in [0.25, 0.3) is 5.91 Å². The summed E-state index contributed by atoms with van der Waals surface area (Å²) in [5.41, 5.74) is 3.10. The van der Waals surface area contributed by atoms with E-state index in [0.29, 0.717) is 17.8 Å². The van der Waals surface area contributed by atoms with Crippen molar-refractivity contribution < 1.29 is 4.79 Å². The van der Waals surface area contributed by atoms with E-state index in [-0.39, 0.29) is 11.9 Å². The molecule has 1 aromatic carbocycles. The number of hydrogen-bond acceptors (Lipinski definition) is 5. The van der Waals surface area contributed by atoms with Crippen LogP contribution in [0, 0.1) is 6.92 Å². The molecule has 0 unspecified atom stereocenters. The Morgan fingerprint density at radius 2 is 2.04 bits per heavy atom. The van der Waals surface area contributed by atoms with E-state index < -0.39 is 0 Å². The number of hydrogen-bond donors (Lipinski definition) is 0. The van der Waals surface area contributed by atoms with E-state index in [4.69, 9.17) is 0 Å². The molecule has 3 heterocycles. The molecule has 4 rings (SSSR count). The van der Waals surface area contributed by atoms with Crippen molar-refractivity contribution in [1.82, 2.24) is 24.6 Å². The van der Waals surface area contributed by atoms with Crippen LogP contribution in [0.15, 0.2) is 36.5 Å². The van der Waals surface area contributed by atoms with Crippen LogP contribution >= 0.6 is 11.3 Å². The molecular weight excluding hydrogens is 358 g/mol. The second-order valence-corrected chi connectivity index (χ2v) is 8.07. The number of aromatic nitrogens is 4. The van der Waals surface area contributed by atoms with Crippen LogP contribution < -0.4 is 0 Å². The lowest BCUT2D eigenvalue weighted by Crippen LogP contribution is -2.27. The van der Waals surface area contributed by atoms with E-state index in [1.807, 2.05) is 41.9 Å². The molecule has 0 aliphatic rings. The van der Waals surface area contributed by atoms with Gasteiger partial charge in [0, 0.05) is 18.5 Å². The number of benzene rings is 1. The lowest BCUT2D eigenvalue weighted by Gasteiger charge is -2.17. The van der Waals surface area contributed by atoms with Crippen LogP contribution in [0.4, 0.5) is 0 Å². The summed E-state index contributed by atoms with van der Waals surface area (Å²) in [5, 5.41) is 6.20. The molecule has 7 heteroatoms. The van der Waals surface area contributed by atoms with Crippen molar-refractivity contribution in [2.75, 3.05) is 7.05 Å². The van der Waals surface area contributed by atoms with Crippen molar-refractivity contribution in [2.45, 2.75) is 33.4 Å². The Morgan fingerprint density at radius 1 is 1.26 bits per heavy atom. The Hall–Kier alpha value is -2.80. The van der Waals surface area contributed by atoms with E-state index in [0.717, 1.165) is 26.3 Å². The van der Waals surface area contributed by atoms with Gasteiger partial charge in [0.05, 0.1) is 34.2 Å². The number of pyridine rings is 1. The molecule has 0 atom stereocenters. The summed E-state index contributed by atoms with van der Waals surface area (Å²) in [6.07, 6.45) is 1.77. The van der Waals surface area contributed by atoms with E-state index in [2.05, 4.69) is 28.9 Å². The first-order valence-electron chi connectivity index (χ1n) is 8.89. The first-order valence-corrected chi connectivity index (χ1v) is 9.70. The summed E-state index contributed by atoms with van der Waals surface area (Å²) >= 11 is 1.62. The number of amides is 1. The minimum absolute atomic E-state index is 0.0570. The van der Waals surface area contributed by atoms with E-state index in [9.17, 15) is 4.79 Å². The molecule has 0 radical (unpaired) electrons. The molecule has 0 aliphatic carbocycles. The Bertz CT molecular complexity index is 1110. The van der Waals surface area contributed by atoms with Gasteiger partial charge in [-0.2, -0.15) is 5.10 Å². The number of carbonyl (C=O) groups is 1. The van der Waals surface area contributed by atoms with Crippen molar-refractivity contribution in [3.8, 4) is 0 Å². The molecular formula is C20H21N5OS. The van der Waals surface area contributed by atoms with Gasteiger partial charge in [-0.05, 0) is 39.0 Å². The second-order valence-electron chi connectivity index (χ2n) is 6.95. The third-order valence-corrected chi connectivity index (χ3v) is 5.56. The number of carbonyl (C=O) groups excluding carboxylic acids is 1. The number of aryl methyl sites for hydroxylation is 1. The number of fused-ring (bicyclic) bond motifs is 2. The van der Waals surface area contributed by atoms with E-state index >= 15 is 0 Å². The molecule has 0 aliphatic heterocycles. The van der Waals surface area contributed by atoms with Gasteiger partial charge in [-0.15, -0.1) is 11.3 Å². The maximum atomic E-state index is 13.0. The smallest absolute Gasteiger partial charge is 0.255 e. The van der Waals surface area contributed by atoms with Crippen LogP contribution in [-0.4, -0.2) is 37.6 Å². The highest BCUT2D eigenvalue weighted by Crippen LogP contribution is 2.24. The molecule has 27 heavy (non-hydrogen) atoms.